The lowest BCUT2D eigenvalue weighted by Gasteiger charge is -2.37. The molecule has 2 rings (SSSR count). The van der Waals surface area contributed by atoms with Crippen molar-refractivity contribution in [3.8, 4) is 0 Å². The lowest BCUT2D eigenvalue weighted by molar-refractivity contribution is -0.119. The van der Waals surface area contributed by atoms with Crippen LogP contribution in [-0.4, -0.2) is 11.4 Å². The van der Waals surface area contributed by atoms with Gasteiger partial charge in [0.2, 0.25) is 5.91 Å². The van der Waals surface area contributed by atoms with Crippen molar-refractivity contribution in [2.24, 2.45) is 0 Å². The molecule has 1 aromatic heterocycles. The summed E-state index contributed by atoms with van der Waals surface area (Å²) in [6, 6.07) is 3.84. The molecule has 0 bridgehead atoms. The van der Waals surface area contributed by atoms with E-state index in [-0.39, 0.29) is 16.9 Å². The maximum absolute atomic E-state index is 11.6. The Kier molecular flexibility index (Phi) is 2.14. The van der Waals surface area contributed by atoms with Crippen LogP contribution in [0.15, 0.2) is 22.8 Å². The van der Waals surface area contributed by atoms with E-state index < -0.39 is 0 Å². The van der Waals surface area contributed by atoms with Crippen molar-refractivity contribution in [3.63, 3.8) is 0 Å². The van der Waals surface area contributed by atoms with E-state index in [2.05, 4.69) is 26.1 Å². The molecule has 0 radical (unpaired) electrons. The molecule has 1 unspecified atom stereocenters. The van der Waals surface area contributed by atoms with Crippen LogP contribution in [0, 0.1) is 0 Å². The summed E-state index contributed by atoms with van der Waals surface area (Å²) in [5, 5.41) is 3.02. The zero-order chi connectivity index (χ0) is 11.1. The second kappa shape index (κ2) is 3.12. The highest BCUT2D eigenvalue weighted by Crippen LogP contribution is 2.45. The average Bonchev–Trinajstić information content (AvgIpc) is 2.71. The molecule has 1 aliphatic heterocycles. The van der Waals surface area contributed by atoms with Crippen molar-refractivity contribution in [2.45, 2.75) is 44.6 Å². The molecule has 0 saturated carbocycles. The smallest absolute Gasteiger partial charge is 0.221 e. The van der Waals surface area contributed by atoms with Gasteiger partial charge in [-0.15, -0.1) is 0 Å². The number of furan rings is 1. The summed E-state index contributed by atoms with van der Waals surface area (Å²) in [6.45, 7) is 6.22. The van der Waals surface area contributed by atoms with Crippen molar-refractivity contribution in [3.05, 3.63) is 24.2 Å². The van der Waals surface area contributed by atoms with E-state index in [1.165, 1.54) is 0 Å². The molecule has 1 saturated heterocycles. The summed E-state index contributed by atoms with van der Waals surface area (Å²) < 4.78 is 5.50. The number of hydrogen-bond donors (Lipinski definition) is 1. The van der Waals surface area contributed by atoms with E-state index in [0.717, 1.165) is 12.2 Å². The topological polar surface area (TPSA) is 42.2 Å². The molecular weight excluding hydrogens is 190 g/mol. The predicted octanol–water partition coefficient (Wildman–Crippen LogP) is 2.23. The highest BCUT2D eigenvalue weighted by Gasteiger charge is 2.54. The fraction of sp³-hybridized carbons (Fsp3) is 0.583. The Morgan fingerprint density at radius 2 is 2.27 bits per heavy atom. The number of carbonyl (C=O) groups excluding carboxylic acids is 1. The van der Waals surface area contributed by atoms with Crippen LogP contribution in [0.1, 0.15) is 39.4 Å². The van der Waals surface area contributed by atoms with Gasteiger partial charge in [-0.2, -0.15) is 0 Å². The second-order valence-corrected chi connectivity index (χ2v) is 4.76. The van der Waals surface area contributed by atoms with Gasteiger partial charge in [0.1, 0.15) is 5.76 Å². The van der Waals surface area contributed by atoms with E-state index in [9.17, 15) is 4.79 Å². The minimum Gasteiger partial charge on any atom is -0.469 e. The van der Waals surface area contributed by atoms with Crippen LogP contribution in [0.25, 0.3) is 0 Å². The first-order chi connectivity index (χ1) is 7.02. The highest BCUT2D eigenvalue weighted by atomic mass is 16.3. The number of rotatable bonds is 2. The fourth-order valence-corrected chi connectivity index (χ4v) is 2.69. The van der Waals surface area contributed by atoms with Gasteiger partial charge in [0.25, 0.3) is 0 Å². The second-order valence-electron chi connectivity index (χ2n) is 4.76. The third kappa shape index (κ3) is 1.29. The van der Waals surface area contributed by atoms with E-state index in [1.54, 1.807) is 6.26 Å². The lowest BCUT2D eigenvalue weighted by atomic mass is 9.68. The Morgan fingerprint density at radius 3 is 2.67 bits per heavy atom. The molecule has 1 aromatic rings. The quantitative estimate of drug-likeness (QED) is 0.808. The molecule has 2 heterocycles. The van der Waals surface area contributed by atoms with Crippen molar-refractivity contribution in [2.75, 3.05) is 0 Å². The Hall–Kier alpha value is -1.25. The average molecular weight is 207 g/mol. The van der Waals surface area contributed by atoms with Crippen LogP contribution in [0.3, 0.4) is 0 Å². The monoisotopic (exact) mass is 207 g/mol. The normalized spacial score (nSPS) is 29.1. The van der Waals surface area contributed by atoms with Crippen LogP contribution in [0.4, 0.5) is 0 Å². The van der Waals surface area contributed by atoms with Gasteiger partial charge in [0.05, 0.1) is 11.7 Å². The Balaban J connectivity index is 2.50. The standard InChI is InChI=1S/C12H17NO2/c1-4-12(9-6-5-7-15-9)8-10(14)13-11(12,2)3/h5-7H,4,8H2,1-3H3,(H,13,14). The summed E-state index contributed by atoms with van der Waals surface area (Å²) in [5.41, 5.74) is -0.440. The largest absolute Gasteiger partial charge is 0.469 e. The Bertz CT molecular complexity index is 367. The first kappa shape index (κ1) is 10.3. The molecule has 1 atom stereocenters. The van der Waals surface area contributed by atoms with Crippen molar-refractivity contribution >= 4 is 5.91 Å². The third-order valence-electron chi connectivity index (χ3n) is 3.71. The number of hydrogen-bond acceptors (Lipinski definition) is 2. The van der Waals surface area contributed by atoms with Crippen molar-refractivity contribution in [1.29, 1.82) is 0 Å². The van der Waals surface area contributed by atoms with Crippen LogP contribution in [0.2, 0.25) is 0 Å². The van der Waals surface area contributed by atoms with Crippen molar-refractivity contribution < 1.29 is 9.21 Å². The molecule has 0 aromatic carbocycles. The minimum absolute atomic E-state index is 0.109. The van der Waals surface area contributed by atoms with Gasteiger partial charge in [-0.3, -0.25) is 4.79 Å². The van der Waals surface area contributed by atoms with Crippen LogP contribution in [-0.2, 0) is 10.2 Å². The Morgan fingerprint density at radius 1 is 1.53 bits per heavy atom. The van der Waals surface area contributed by atoms with Gasteiger partial charge in [0, 0.05) is 12.0 Å². The maximum atomic E-state index is 11.6. The molecule has 0 aliphatic carbocycles. The maximum Gasteiger partial charge on any atom is 0.221 e. The van der Waals surface area contributed by atoms with Gasteiger partial charge < -0.3 is 9.73 Å². The molecule has 1 N–H and O–H groups in total. The van der Waals surface area contributed by atoms with Crippen LogP contribution >= 0.6 is 0 Å². The summed E-state index contributed by atoms with van der Waals surface area (Å²) >= 11 is 0. The number of nitrogens with one attached hydrogen (secondary N) is 1. The molecule has 3 heteroatoms. The van der Waals surface area contributed by atoms with E-state index in [4.69, 9.17) is 4.42 Å². The van der Waals surface area contributed by atoms with Gasteiger partial charge >= 0.3 is 0 Å². The number of carbonyl (C=O) groups is 1. The first-order valence-electron chi connectivity index (χ1n) is 5.37. The van der Waals surface area contributed by atoms with E-state index in [0.29, 0.717) is 6.42 Å². The minimum atomic E-state index is -0.239. The van der Waals surface area contributed by atoms with E-state index in [1.807, 2.05) is 12.1 Å². The van der Waals surface area contributed by atoms with Crippen molar-refractivity contribution in [1.82, 2.24) is 5.32 Å². The van der Waals surface area contributed by atoms with Gasteiger partial charge in [-0.05, 0) is 32.4 Å². The fourth-order valence-electron chi connectivity index (χ4n) is 2.69. The first-order valence-corrected chi connectivity index (χ1v) is 5.37. The third-order valence-corrected chi connectivity index (χ3v) is 3.71. The molecule has 15 heavy (non-hydrogen) atoms. The molecule has 1 aliphatic rings. The molecule has 1 fully saturated rings. The molecule has 1 amide bonds. The summed E-state index contributed by atoms with van der Waals surface area (Å²) in [7, 11) is 0. The summed E-state index contributed by atoms with van der Waals surface area (Å²) in [4.78, 5) is 11.6. The predicted molar refractivity (Wildman–Crippen MR) is 57.5 cm³/mol. The SMILES string of the molecule is CCC1(c2ccco2)CC(=O)NC1(C)C. The van der Waals surface area contributed by atoms with Gasteiger partial charge in [0.15, 0.2) is 0 Å². The van der Waals surface area contributed by atoms with E-state index >= 15 is 0 Å². The van der Waals surface area contributed by atoms with Crippen LogP contribution < -0.4 is 5.32 Å². The summed E-state index contributed by atoms with van der Waals surface area (Å²) in [5.74, 6) is 1.02. The Labute approximate surface area is 89.9 Å². The zero-order valence-corrected chi connectivity index (χ0v) is 9.46. The molecule has 0 spiro atoms. The molecule has 3 nitrogen and oxygen atoms in total. The lowest BCUT2D eigenvalue weighted by Crippen LogP contribution is -2.49. The number of amides is 1. The van der Waals surface area contributed by atoms with Gasteiger partial charge in [-0.1, -0.05) is 6.92 Å². The molecule has 82 valence electrons. The highest BCUT2D eigenvalue weighted by molar-refractivity contribution is 5.82. The van der Waals surface area contributed by atoms with Crippen LogP contribution in [0.5, 0.6) is 0 Å². The summed E-state index contributed by atoms with van der Waals surface area (Å²) in [6.07, 6.45) is 3.09. The van der Waals surface area contributed by atoms with Gasteiger partial charge in [-0.25, -0.2) is 0 Å². The zero-order valence-electron chi connectivity index (χ0n) is 9.46. The molecular formula is C12H17NO2.